The fraction of sp³-hybridized carbons (Fsp3) is 0.458. The van der Waals surface area contributed by atoms with Gasteiger partial charge in [0.25, 0.3) is 5.91 Å². The van der Waals surface area contributed by atoms with Crippen LogP contribution in [0.25, 0.3) is 0 Å². The highest BCUT2D eigenvalue weighted by atomic mass is 35.5. The van der Waals surface area contributed by atoms with Gasteiger partial charge in [0.15, 0.2) is 11.5 Å². The lowest BCUT2D eigenvalue weighted by Gasteiger charge is -2.35. The minimum absolute atomic E-state index is 0.00493. The molecule has 2 aliphatic rings. The molecule has 0 N–H and O–H groups in total. The average molecular weight is 429 g/mol. The minimum atomic E-state index is -0.565. The summed E-state index contributed by atoms with van der Waals surface area (Å²) in [6.07, 6.45) is 2.71. The number of carbonyl (C=O) groups is 1. The fourth-order valence-corrected chi connectivity index (χ4v) is 4.32. The van der Waals surface area contributed by atoms with Gasteiger partial charge >= 0.3 is 0 Å². The smallest absolute Gasteiger partial charge is 0.267 e. The molecule has 0 spiro atoms. The second-order valence-electron chi connectivity index (χ2n) is 8.24. The SMILES string of the molecule is CN(CC1CCN(CCc2ccc(Cl)cc2)CC1)C(=O)C1COc2ccccc2O1. The molecule has 2 aromatic rings. The highest BCUT2D eigenvalue weighted by Crippen LogP contribution is 2.31. The molecule has 1 unspecified atom stereocenters. The number of likely N-dealkylation sites (N-methyl/N-ethyl adjacent to an activating group) is 1. The van der Waals surface area contributed by atoms with E-state index in [1.807, 2.05) is 48.3 Å². The number of amides is 1. The number of fused-ring (bicyclic) bond motifs is 1. The molecule has 2 heterocycles. The van der Waals surface area contributed by atoms with Gasteiger partial charge in [0.2, 0.25) is 6.10 Å². The molecule has 2 aliphatic heterocycles. The Balaban J connectivity index is 1.20. The minimum Gasteiger partial charge on any atom is -0.485 e. The summed E-state index contributed by atoms with van der Waals surface area (Å²) in [5, 5.41) is 0.785. The topological polar surface area (TPSA) is 42.0 Å². The van der Waals surface area contributed by atoms with E-state index in [1.54, 1.807) is 0 Å². The highest BCUT2D eigenvalue weighted by molar-refractivity contribution is 6.30. The molecule has 0 radical (unpaired) electrons. The van der Waals surface area contributed by atoms with Crippen molar-refractivity contribution in [2.45, 2.75) is 25.4 Å². The summed E-state index contributed by atoms with van der Waals surface area (Å²) in [4.78, 5) is 17.2. The van der Waals surface area contributed by atoms with Gasteiger partial charge in [0.1, 0.15) is 6.61 Å². The first-order chi connectivity index (χ1) is 14.6. The molecule has 1 atom stereocenters. The third kappa shape index (κ3) is 5.27. The first-order valence-corrected chi connectivity index (χ1v) is 11.1. The number of nitrogens with zero attached hydrogens (tertiary/aromatic N) is 2. The zero-order valence-corrected chi connectivity index (χ0v) is 18.2. The van der Waals surface area contributed by atoms with Crippen LogP contribution in [0.4, 0.5) is 0 Å². The Bertz CT molecular complexity index is 850. The van der Waals surface area contributed by atoms with Crippen LogP contribution < -0.4 is 9.47 Å². The fourth-order valence-electron chi connectivity index (χ4n) is 4.20. The number of hydrogen-bond donors (Lipinski definition) is 0. The summed E-state index contributed by atoms with van der Waals surface area (Å²) >= 11 is 5.96. The van der Waals surface area contributed by atoms with E-state index >= 15 is 0 Å². The van der Waals surface area contributed by atoms with E-state index in [1.165, 1.54) is 5.56 Å². The molecular formula is C24H29ClN2O3. The van der Waals surface area contributed by atoms with E-state index in [0.29, 0.717) is 17.4 Å². The van der Waals surface area contributed by atoms with E-state index in [9.17, 15) is 4.79 Å². The lowest BCUT2D eigenvalue weighted by atomic mass is 9.95. The largest absolute Gasteiger partial charge is 0.485 e. The van der Waals surface area contributed by atoms with Crippen LogP contribution in [0.15, 0.2) is 48.5 Å². The Morgan fingerprint density at radius 2 is 1.80 bits per heavy atom. The van der Waals surface area contributed by atoms with Gasteiger partial charge in [-0.05, 0) is 68.1 Å². The predicted octanol–water partition coefficient (Wildman–Crippen LogP) is 3.89. The Morgan fingerprint density at radius 3 is 2.53 bits per heavy atom. The van der Waals surface area contributed by atoms with Crippen molar-refractivity contribution in [1.82, 2.24) is 9.80 Å². The maximum atomic E-state index is 12.8. The van der Waals surface area contributed by atoms with Crippen LogP contribution in [0.3, 0.4) is 0 Å². The number of benzene rings is 2. The standard InChI is InChI=1S/C24H29ClN2O3/c1-26(24(28)23-17-29-21-4-2-3-5-22(21)30-23)16-19-11-14-27(15-12-19)13-10-18-6-8-20(25)9-7-18/h2-9,19,23H,10-17H2,1H3. The van der Waals surface area contributed by atoms with Gasteiger partial charge in [-0.25, -0.2) is 0 Å². The molecule has 0 bridgehead atoms. The summed E-state index contributed by atoms with van der Waals surface area (Å²) < 4.78 is 11.6. The molecule has 0 saturated carbocycles. The van der Waals surface area contributed by atoms with E-state index < -0.39 is 6.10 Å². The molecule has 0 aromatic heterocycles. The summed E-state index contributed by atoms with van der Waals surface area (Å²) in [5.41, 5.74) is 1.32. The lowest BCUT2D eigenvalue weighted by molar-refractivity contribution is -0.140. The lowest BCUT2D eigenvalue weighted by Crippen LogP contribution is -2.47. The number of ether oxygens (including phenoxy) is 2. The van der Waals surface area contributed by atoms with Crippen molar-refractivity contribution in [2.75, 3.05) is 39.8 Å². The normalized spacial score (nSPS) is 19.5. The van der Waals surface area contributed by atoms with Crippen LogP contribution >= 0.6 is 11.6 Å². The van der Waals surface area contributed by atoms with Gasteiger partial charge in [-0.3, -0.25) is 4.79 Å². The molecule has 160 valence electrons. The van der Waals surface area contributed by atoms with Crippen LogP contribution in [-0.2, 0) is 11.2 Å². The maximum Gasteiger partial charge on any atom is 0.267 e. The third-order valence-electron chi connectivity index (χ3n) is 6.03. The monoisotopic (exact) mass is 428 g/mol. The van der Waals surface area contributed by atoms with Crippen molar-refractivity contribution in [2.24, 2.45) is 5.92 Å². The van der Waals surface area contributed by atoms with Crippen LogP contribution in [0.1, 0.15) is 18.4 Å². The first-order valence-electron chi connectivity index (χ1n) is 10.7. The van der Waals surface area contributed by atoms with Gasteiger partial charge < -0.3 is 19.3 Å². The number of halogens is 1. The number of likely N-dealkylation sites (tertiary alicyclic amines) is 1. The molecule has 1 saturated heterocycles. The van der Waals surface area contributed by atoms with Crippen LogP contribution in [0, 0.1) is 5.92 Å². The average Bonchev–Trinajstić information content (AvgIpc) is 2.79. The predicted molar refractivity (Wildman–Crippen MR) is 118 cm³/mol. The maximum absolute atomic E-state index is 12.8. The number of rotatable bonds is 6. The van der Waals surface area contributed by atoms with E-state index in [0.717, 1.165) is 50.5 Å². The van der Waals surface area contributed by atoms with Crippen molar-refractivity contribution >= 4 is 17.5 Å². The molecule has 2 aromatic carbocycles. The van der Waals surface area contributed by atoms with Crippen molar-refractivity contribution < 1.29 is 14.3 Å². The number of para-hydroxylation sites is 2. The summed E-state index contributed by atoms with van der Waals surface area (Å²) in [6, 6.07) is 15.6. The highest BCUT2D eigenvalue weighted by Gasteiger charge is 2.31. The molecule has 5 nitrogen and oxygen atoms in total. The van der Waals surface area contributed by atoms with Crippen molar-refractivity contribution in [3.8, 4) is 11.5 Å². The van der Waals surface area contributed by atoms with Gasteiger partial charge in [0.05, 0.1) is 0 Å². The molecule has 1 amide bonds. The van der Waals surface area contributed by atoms with Crippen molar-refractivity contribution in [1.29, 1.82) is 0 Å². The van der Waals surface area contributed by atoms with Crippen LogP contribution in [0.2, 0.25) is 5.02 Å². The third-order valence-corrected chi connectivity index (χ3v) is 6.28. The summed E-state index contributed by atoms with van der Waals surface area (Å²) in [6.45, 7) is 4.26. The zero-order valence-electron chi connectivity index (χ0n) is 17.4. The Kier molecular flexibility index (Phi) is 6.80. The van der Waals surface area contributed by atoms with Gasteiger partial charge in [0, 0.05) is 25.2 Å². The quantitative estimate of drug-likeness (QED) is 0.700. The Morgan fingerprint density at radius 1 is 1.10 bits per heavy atom. The molecule has 6 heteroatoms. The van der Waals surface area contributed by atoms with Gasteiger partial charge in [-0.1, -0.05) is 35.9 Å². The first kappa shape index (κ1) is 21.0. The van der Waals surface area contributed by atoms with Crippen molar-refractivity contribution in [3.05, 3.63) is 59.1 Å². The van der Waals surface area contributed by atoms with Gasteiger partial charge in [-0.15, -0.1) is 0 Å². The number of hydrogen-bond acceptors (Lipinski definition) is 4. The number of piperidine rings is 1. The van der Waals surface area contributed by atoms with Gasteiger partial charge in [-0.2, -0.15) is 0 Å². The van der Waals surface area contributed by atoms with Crippen LogP contribution in [0.5, 0.6) is 11.5 Å². The van der Waals surface area contributed by atoms with Crippen LogP contribution in [-0.4, -0.2) is 61.6 Å². The molecular weight excluding hydrogens is 400 g/mol. The summed E-state index contributed by atoms with van der Waals surface area (Å²) in [7, 11) is 1.87. The molecule has 1 fully saturated rings. The molecule has 4 rings (SSSR count). The molecule has 0 aliphatic carbocycles. The zero-order chi connectivity index (χ0) is 20.9. The van der Waals surface area contributed by atoms with Crippen molar-refractivity contribution in [3.63, 3.8) is 0 Å². The van der Waals surface area contributed by atoms with E-state index in [2.05, 4.69) is 17.0 Å². The second kappa shape index (κ2) is 9.71. The number of carbonyl (C=O) groups excluding carboxylic acids is 1. The van der Waals surface area contributed by atoms with E-state index in [4.69, 9.17) is 21.1 Å². The molecule has 30 heavy (non-hydrogen) atoms. The Labute approximate surface area is 183 Å². The van der Waals surface area contributed by atoms with E-state index in [-0.39, 0.29) is 12.5 Å². The Hall–Kier alpha value is -2.24. The second-order valence-corrected chi connectivity index (χ2v) is 8.68. The summed E-state index contributed by atoms with van der Waals surface area (Å²) in [5.74, 6) is 1.87.